The first-order chi connectivity index (χ1) is 16.6. The summed E-state index contributed by atoms with van der Waals surface area (Å²) in [6.45, 7) is 4.51. The van der Waals surface area contributed by atoms with Crippen molar-refractivity contribution < 1.29 is 13.7 Å². The van der Waals surface area contributed by atoms with E-state index in [4.69, 9.17) is 9.51 Å². The Bertz CT molecular complexity index is 1310. The maximum absolute atomic E-state index is 13.6. The number of fused-ring (bicyclic) bond motifs is 1. The zero-order valence-electron chi connectivity index (χ0n) is 19.1. The zero-order chi connectivity index (χ0) is 23.5. The van der Waals surface area contributed by atoms with Gasteiger partial charge in [0.1, 0.15) is 28.5 Å². The average Bonchev–Trinajstić information content (AvgIpc) is 3.13. The molecule has 0 saturated carbocycles. The molecular weight excluding hydrogens is 433 g/mol. The number of hydrogen-bond donors (Lipinski definition) is 0. The molecule has 0 unspecified atom stereocenters. The molecule has 7 nitrogen and oxygen atoms in total. The van der Waals surface area contributed by atoms with E-state index in [2.05, 4.69) is 22.0 Å². The Hall–Kier alpha value is -3.81. The summed E-state index contributed by atoms with van der Waals surface area (Å²) < 4.78 is 19.3. The zero-order valence-corrected chi connectivity index (χ0v) is 19.1. The molecule has 4 aromatic rings. The molecule has 8 heteroatoms. The Kier molecular flexibility index (Phi) is 6.20. The third-order valence-electron chi connectivity index (χ3n) is 6.04. The Morgan fingerprint density at radius 2 is 1.88 bits per heavy atom. The van der Waals surface area contributed by atoms with Gasteiger partial charge in [-0.2, -0.15) is 4.98 Å². The molecule has 0 radical (unpaired) electrons. The fourth-order valence-corrected chi connectivity index (χ4v) is 4.37. The number of anilines is 1. The van der Waals surface area contributed by atoms with Crippen LogP contribution in [-0.4, -0.2) is 52.1 Å². The summed E-state index contributed by atoms with van der Waals surface area (Å²) in [4.78, 5) is 26.5. The van der Waals surface area contributed by atoms with Crippen molar-refractivity contribution in [1.82, 2.24) is 20.0 Å². The number of amides is 1. The lowest BCUT2D eigenvalue weighted by Crippen LogP contribution is -2.35. The molecule has 1 aliphatic heterocycles. The number of halogens is 1. The Morgan fingerprint density at radius 3 is 2.68 bits per heavy atom. The monoisotopic (exact) mass is 459 g/mol. The minimum Gasteiger partial charge on any atom is -0.354 e. The molecule has 1 amide bonds. The number of aryl methyl sites for hydroxylation is 1. The van der Waals surface area contributed by atoms with E-state index in [1.54, 1.807) is 17.0 Å². The quantitative estimate of drug-likeness (QED) is 0.430. The molecule has 2 aromatic carbocycles. The highest BCUT2D eigenvalue weighted by Gasteiger charge is 2.26. The molecule has 1 aliphatic rings. The third-order valence-corrected chi connectivity index (χ3v) is 6.04. The molecular formula is C26H26FN5O2. The lowest BCUT2D eigenvalue weighted by Gasteiger charge is -2.24. The Morgan fingerprint density at radius 1 is 1.03 bits per heavy atom. The molecule has 174 valence electrons. The van der Waals surface area contributed by atoms with E-state index < -0.39 is 5.82 Å². The molecule has 0 atom stereocenters. The van der Waals surface area contributed by atoms with Crippen LogP contribution in [0.25, 0.3) is 22.4 Å². The van der Waals surface area contributed by atoms with Gasteiger partial charge in [0.05, 0.1) is 0 Å². The number of hydrogen-bond acceptors (Lipinski definition) is 6. The minimum absolute atomic E-state index is 0.157. The maximum atomic E-state index is 13.6. The summed E-state index contributed by atoms with van der Waals surface area (Å²) in [6, 6.07) is 15.7. The van der Waals surface area contributed by atoms with Crippen molar-refractivity contribution in [2.24, 2.45) is 0 Å². The first kappa shape index (κ1) is 22.0. The van der Waals surface area contributed by atoms with Crippen molar-refractivity contribution >= 4 is 22.8 Å². The number of rotatable bonds is 5. The van der Waals surface area contributed by atoms with E-state index in [0.29, 0.717) is 36.6 Å². The van der Waals surface area contributed by atoms with Crippen LogP contribution in [-0.2, 0) is 6.42 Å². The lowest BCUT2D eigenvalue weighted by atomic mass is 10.1. The Labute approximate surface area is 197 Å². The minimum atomic E-state index is -0.407. The topological polar surface area (TPSA) is 75.4 Å². The van der Waals surface area contributed by atoms with Crippen molar-refractivity contribution in [1.29, 1.82) is 0 Å². The second-order valence-electron chi connectivity index (χ2n) is 8.43. The van der Waals surface area contributed by atoms with Gasteiger partial charge < -0.3 is 14.3 Å². The average molecular weight is 460 g/mol. The van der Waals surface area contributed by atoms with Gasteiger partial charge >= 0.3 is 0 Å². The van der Waals surface area contributed by atoms with Crippen molar-refractivity contribution in [2.75, 3.05) is 31.1 Å². The van der Waals surface area contributed by atoms with Crippen LogP contribution in [0.2, 0.25) is 0 Å². The fourth-order valence-electron chi connectivity index (χ4n) is 4.37. The Balaban J connectivity index is 1.48. The predicted octanol–water partition coefficient (Wildman–Crippen LogP) is 4.73. The van der Waals surface area contributed by atoms with E-state index in [0.717, 1.165) is 48.4 Å². The maximum Gasteiger partial charge on any atom is 0.263 e. The van der Waals surface area contributed by atoms with Gasteiger partial charge in [0.15, 0.2) is 0 Å². The number of carbonyl (C=O) groups is 1. The normalized spacial score (nSPS) is 14.4. The molecule has 0 aliphatic carbocycles. The molecule has 5 rings (SSSR count). The summed E-state index contributed by atoms with van der Waals surface area (Å²) in [7, 11) is 0. The first-order valence-corrected chi connectivity index (χ1v) is 11.7. The summed E-state index contributed by atoms with van der Waals surface area (Å²) in [6.07, 6.45) is 2.42. The fraction of sp³-hybridized carbons (Fsp3) is 0.308. The SMILES string of the molecule is CCCc1nc(N2CCCN(C(=O)c3cccc(F)c3)CC2)c2c(-c3ccccc3)noc2n1. The standard InChI is InChI=1S/C26H26FN5O2/c1-2-8-21-28-24(22-23(30-34-25(22)29-21)18-9-4-3-5-10-18)31-13-7-14-32(16-15-31)26(33)19-11-6-12-20(27)17-19/h3-6,9-12,17H,2,7-8,13-16H2,1H3. The molecule has 0 bridgehead atoms. The highest BCUT2D eigenvalue weighted by molar-refractivity contribution is 5.98. The number of carbonyl (C=O) groups excluding carboxylic acids is 1. The predicted molar refractivity (Wildman–Crippen MR) is 128 cm³/mol. The number of aromatic nitrogens is 3. The van der Waals surface area contributed by atoms with E-state index in [1.807, 2.05) is 30.3 Å². The smallest absolute Gasteiger partial charge is 0.263 e. The van der Waals surface area contributed by atoms with Gasteiger partial charge in [0.25, 0.3) is 11.6 Å². The highest BCUT2D eigenvalue weighted by atomic mass is 19.1. The summed E-state index contributed by atoms with van der Waals surface area (Å²) in [5.74, 6) is 0.942. The van der Waals surface area contributed by atoms with Crippen LogP contribution in [0.15, 0.2) is 59.1 Å². The van der Waals surface area contributed by atoms with Crippen molar-refractivity contribution in [3.8, 4) is 11.3 Å². The second-order valence-corrected chi connectivity index (χ2v) is 8.43. The summed E-state index contributed by atoms with van der Waals surface area (Å²) in [5, 5.41) is 5.12. The third kappa shape index (κ3) is 4.35. The van der Waals surface area contributed by atoms with Gasteiger partial charge in [0, 0.05) is 43.7 Å². The van der Waals surface area contributed by atoms with E-state index in [9.17, 15) is 9.18 Å². The molecule has 1 saturated heterocycles. The van der Waals surface area contributed by atoms with Gasteiger partial charge in [-0.3, -0.25) is 4.79 Å². The van der Waals surface area contributed by atoms with Gasteiger partial charge in [-0.25, -0.2) is 9.37 Å². The van der Waals surface area contributed by atoms with Gasteiger partial charge in [0.2, 0.25) is 0 Å². The van der Waals surface area contributed by atoms with Crippen LogP contribution in [0.4, 0.5) is 10.2 Å². The summed E-state index contributed by atoms with van der Waals surface area (Å²) in [5.41, 5.74) is 2.50. The van der Waals surface area contributed by atoms with Crippen molar-refractivity contribution in [3.05, 3.63) is 71.8 Å². The molecule has 3 heterocycles. The van der Waals surface area contributed by atoms with E-state index in [1.165, 1.54) is 12.1 Å². The van der Waals surface area contributed by atoms with Crippen LogP contribution >= 0.6 is 0 Å². The largest absolute Gasteiger partial charge is 0.354 e. The van der Waals surface area contributed by atoms with Crippen LogP contribution < -0.4 is 4.90 Å². The van der Waals surface area contributed by atoms with Gasteiger partial charge in [-0.15, -0.1) is 0 Å². The van der Waals surface area contributed by atoms with Crippen LogP contribution in [0.3, 0.4) is 0 Å². The van der Waals surface area contributed by atoms with Crippen LogP contribution in [0.1, 0.15) is 35.9 Å². The lowest BCUT2D eigenvalue weighted by molar-refractivity contribution is 0.0766. The van der Waals surface area contributed by atoms with E-state index >= 15 is 0 Å². The van der Waals surface area contributed by atoms with Crippen LogP contribution in [0.5, 0.6) is 0 Å². The van der Waals surface area contributed by atoms with Crippen LogP contribution in [0, 0.1) is 5.82 Å². The second kappa shape index (κ2) is 9.59. The molecule has 0 spiro atoms. The summed E-state index contributed by atoms with van der Waals surface area (Å²) >= 11 is 0. The first-order valence-electron chi connectivity index (χ1n) is 11.7. The molecule has 34 heavy (non-hydrogen) atoms. The van der Waals surface area contributed by atoms with Gasteiger partial charge in [-0.05, 0) is 31.0 Å². The molecule has 0 N–H and O–H groups in total. The van der Waals surface area contributed by atoms with Crippen molar-refractivity contribution in [2.45, 2.75) is 26.2 Å². The molecule has 1 fully saturated rings. The van der Waals surface area contributed by atoms with Gasteiger partial charge in [-0.1, -0.05) is 48.5 Å². The number of nitrogens with zero attached hydrogens (tertiary/aromatic N) is 5. The van der Waals surface area contributed by atoms with Crippen molar-refractivity contribution in [3.63, 3.8) is 0 Å². The number of benzene rings is 2. The molecule has 2 aromatic heterocycles. The van der Waals surface area contributed by atoms with E-state index in [-0.39, 0.29) is 5.91 Å². The highest BCUT2D eigenvalue weighted by Crippen LogP contribution is 2.34.